The van der Waals surface area contributed by atoms with E-state index in [0.29, 0.717) is 36.3 Å². The van der Waals surface area contributed by atoms with Crippen LogP contribution in [0.15, 0.2) is 56.6 Å². The SMILES string of the molecule is C[C@H](CCCC(C)(C)O)[C@H]1CCC2/C(=C/C3C4=C(CC[C@H](OS(=O)(=O)O)C4)Cn4c(=O)n(-c5ccc(N(C)C)cc5)c(=O)n43)CCC[C@@]21C. The van der Waals surface area contributed by atoms with E-state index in [9.17, 15) is 27.7 Å². The van der Waals surface area contributed by atoms with Gasteiger partial charge in [-0.25, -0.2) is 27.7 Å². The van der Waals surface area contributed by atoms with E-state index in [0.717, 1.165) is 68.2 Å². The first-order valence-corrected chi connectivity index (χ1v) is 19.3. The molecule has 1 aliphatic heterocycles. The molecule has 4 aliphatic rings. The molecule has 49 heavy (non-hydrogen) atoms. The molecule has 0 spiro atoms. The predicted molar refractivity (Wildman–Crippen MR) is 191 cm³/mol. The van der Waals surface area contributed by atoms with Crippen LogP contribution in [0.3, 0.4) is 0 Å². The van der Waals surface area contributed by atoms with Crippen molar-refractivity contribution in [2.45, 2.75) is 123 Å². The van der Waals surface area contributed by atoms with E-state index in [4.69, 9.17) is 4.18 Å². The molecule has 1 aromatic carbocycles. The van der Waals surface area contributed by atoms with Crippen molar-refractivity contribution in [2.75, 3.05) is 19.0 Å². The molecule has 2 saturated carbocycles. The molecule has 6 atom stereocenters. The topological polar surface area (TPSA) is 136 Å². The summed E-state index contributed by atoms with van der Waals surface area (Å²) >= 11 is 0. The Morgan fingerprint density at radius 2 is 1.82 bits per heavy atom. The van der Waals surface area contributed by atoms with Crippen molar-refractivity contribution in [2.24, 2.45) is 23.2 Å². The summed E-state index contributed by atoms with van der Waals surface area (Å²) in [6.07, 6.45) is 10.8. The first kappa shape index (κ1) is 35.9. The second-order valence-corrected chi connectivity index (χ2v) is 17.2. The maximum Gasteiger partial charge on any atom is 0.397 e. The third-order valence-electron chi connectivity index (χ3n) is 12.1. The average molecular weight is 699 g/mol. The number of hydrogen-bond acceptors (Lipinski definition) is 7. The second-order valence-electron chi connectivity index (χ2n) is 16.2. The molecule has 2 heterocycles. The summed E-state index contributed by atoms with van der Waals surface area (Å²) in [6, 6.07) is 6.77. The van der Waals surface area contributed by atoms with Crippen molar-refractivity contribution in [3.05, 3.63) is 68.0 Å². The van der Waals surface area contributed by atoms with Gasteiger partial charge >= 0.3 is 21.8 Å². The number of fused-ring (bicyclic) bond motifs is 2. The number of rotatable bonds is 10. The highest BCUT2D eigenvalue weighted by molar-refractivity contribution is 7.80. The van der Waals surface area contributed by atoms with Gasteiger partial charge in [0.2, 0.25) is 0 Å². The molecule has 270 valence electrons. The van der Waals surface area contributed by atoms with Crippen LogP contribution in [0.5, 0.6) is 0 Å². The number of allylic oxidation sites excluding steroid dienone is 3. The molecule has 6 rings (SSSR count). The standard InChI is InChI=1S/C37H54N4O7S/c1-24(9-7-19-36(2,3)44)31-17-18-32-25(10-8-20-37(31,32)4)21-33-30-22-29(48-49(45,46)47)16-11-26(30)23-39-34(42)40(35(43)41(33)39)28-14-12-27(13-15-28)38(5)6/h12-15,21,24,29,31-33,44H,7-11,16-20,22-23H2,1-6H3,(H,45,46,47)/b25-21+/t24-,29+,31-,32?,33?,37-/m1/s1. The monoisotopic (exact) mass is 698 g/mol. The Hall–Kier alpha value is -2.93. The van der Waals surface area contributed by atoms with Gasteiger partial charge in [-0.05, 0) is 130 Å². The van der Waals surface area contributed by atoms with Gasteiger partial charge < -0.3 is 10.0 Å². The van der Waals surface area contributed by atoms with E-state index in [2.05, 4.69) is 19.9 Å². The minimum atomic E-state index is -4.66. The third kappa shape index (κ3) is 7.16. The van der Waals surface area contributed by atoms with Gasteiger partial charge in [-0.1, -0.05) is 38.3 Å². The molecular weight excluding hydrogens is 644 g/mol. The van der Waals surface area contributed by atoms with Crippen LogP contribution < -0.4 is 16.3 Å². The molecule has 12 heteroatoms. The van der Waals surface area contributed by atoms with Gasteiger partial charge in [0.05, 0.1) is 30.0 Å². The average Bonchev–Trinajstić information content (AvgIpc) is 3.49. The smallest absolute Gasteiger partial charge is 0.390 e. The Morgan fingerprint density at radius 1 is 1.10 bits per heavy atom. The third-order valence-corrected chi connectivity index (χ3v) is 12.6. The molecule has 2 N–H and O–H groups in total. The Balaban J connectivity index is 1.39. The van der Waals surface area contributed by atoms with Crippen molar-refractivity contribution in [1.29, 1.82) is 0 Å². The minimum Gasteiger partial charge on any atom is -0.390 e. The molecule has 2 fully saturated rings. The first-order chi connectivity index (χ1) is 23.0. The van der Waals surface area contributed by atoms with E-state index in [1.807, 2.05) is 45.0 Å². The number of aromatic nitrogens is 3. The lowest BCUT2D eigenvalue weighted by Crippen LogP contribution is -2.40. The van der Waals surface area contributed by atoms with E-state index >= 15 is 0 Å². The highest BCUT2D eigenvalue weighted by Crippen LogP contribution is 2.60. The summed E-state index contributed by atoms with van der Waals surface area (Å²) in [6.45, 7) is 8.79. The summed E-state index contributed by atoms with van der Waals surface area (Å²) in [5.41, 5.74) is 3.29. The van der Waals surface area contributed by atoms with Gasteiger partial charge in [0.1, 0.15) is 0 Å². The summed E-state index contributed by atoms with van der Waals surface area (Å²) in [5, 5.41) is 10.3. The highest BCUT2D eigenvalue weighted by Gasteiger charge is 2.51. The Labute approximate surface area is 290 Å². The van der Waals surface area contributed by atoms with E-state index in [-0.39, 0.29) is 18.4 Å². The van der Waals surface area contributed by atoms with Crippen LogP contribution in [0, 0.1) is 23.2 Å². The summed E-state index contributed by atoms with van der Waals surface area (Å²) in [5.74, 6) is 1.43. The van der Waals surface area contributed by atoms with Gasteiger partial charge in [-0.2, -0.15) is 8.42 Å². The second kappa shape index (κ2) is 13.3. The molecule has 3 aliphatic carbocycles. The van der Waals surface area contributed by atoms with Crippen molar-refractivity contribution < 1.29 is 22.3 Å². The number of hydrogen-bond donors (Lipinski definition) is 2. The molecular formula is C37H54N4O7S. The fourth-order valence-corrected chi connectivity index (χ4v) is 10.3. The van der Waals surface area contributed by atoms with Crippen molar-refractivity contribution in [1.82, 2.24) is 13.9 Å². The number of benzene rings is 1. The summed E-state index contributed by atoms with van der Waals surface area (Å²) < 4.78 is 42.4. The molecule has 0 saturated heterocycles. The van der Waals surface area contributed by atoms with Gasteiger partial charge in [0.25, 0.3) is 0 Å². The van der Waals surface area contributed by atoms with Crippen LogP contribution >= 0.6 is 0 Å². The molecule has 0 amide bonds. The zero-order valence-electron chi connectivity index (χ0n) is 29.9. The van der Waals surface area contributed by atoms with Crippen molar-refractivity contribution in [3.8, 4) is 5.69 Å². The molecule has 11 nitrogen and oxygen atoms in total. The number of nitrogens with zero attached hydrogens (tertiary/aromatic N) is 4. The van der Waals surface area contributed by atoms with Gasteiger partial charge in [-0.3, -0.25) is 4.55 Å². The van der Waals surface area contributed by atoms with Crippen LogP contribution in [0.2, 0.25) is 0 Å². The molecule has 2 aromatic rings. The fourth-order valence-electron chi connectivity index (χ4n) is 9.76. The maximum absolute atomic E-state index is 14.4. The van der Waals surface area contributed by atoms with Crippen molar-refractivity contribution in [3.63, 3.8) is 0 Å². The first-order valence-electron chi connectivity index (χ1n) is 18.0. The number of anilines is 1. The Bertz CT molecular complexity index is 1840. The Kier molecular flexibility index (Phi) is 9.75. The highest BCUT2D eigenvalue weighted by atomic mass is 32.3. The van der Waals surface area contributed by atoms with E-state index in [1.165, 1.54) is 10.1 Å². The van der Waals surface area contributed by atoms with Crippen molar-refractivity contribution >= 4 is 16.1 Å². The number of aliphatic hydroxyl groups is 1. The Morgan fingerprint density at radius 3 is 2.47 bits per heavy atom. The van der Waals surface area contributed by atoms with Crippen LogP contribution in [-0.2, 0) is 21.1 Å². The lowest BCUT2D eigenvalue weighted by atomic mass is 9.60. The largest absolute Gasteiger partial charge is 0.397 e. The predicted octanol–water partition coefficient (Wildman–Crippen LogP) is 5.81. The molecule has 0 bridgehead atoms. The normalized spacial score (nSPS) is 28.7. The fraction of sp³-hybridized carbons (Fsp3) is 0.676. The quantitative estimate of drug-likeness (QED) is 0.235. The zero-order valence-corrected chi connectivity index (χ0v) is 30.7. The van der Waals surface area contributed by atoms with Crippen LogP contribution in [-0.4, -0.2) is 57.8 Å². The summed E-state index contributed by atoms with van der Waals surface area (Å²) in [4.78, 5) is 30.3. The minimum absolute atomic E-state index is 0.109. The van der Waals surface area contributed by atoms with Gasteiger partial charge in [-0.15, -0.1) is 0 Å². The van der Waals surface area contributed by atoms with Crippen LogP contribution in [0.4, 0.5) is 5.69 Å². The lowest BCUT2D eigenvalue weighted by Gasteiger charge is -2.45. The van der Waals surface area contributed by atoms with Gasteiger partial charge in [0, 0.05) is 19.8 Å². The molecule has 2 unspecified atom stereocenters. The zero-order chi connectivity index (χ0) is 35.5. The van der Waals surface area contributed by atoms with Crippen LogP contribution in [0.1, 0.15) is 104 Å². The van der Waals surface area contributed by atoms with E-state index in [1.54, 1.807) is 21.5 Å². The van der Waals surface area contributed by atoms with Crippen LogP contribution in [0.25, 0.3) is 5.69 Å². The maximum atomic E-state index is 14.4. The molecule has 0 radical (unpaired) electrons. The lowest BCUT2D eigenvalue weighted by molar-refractivity contribution is 0.0596. The molecule has 1 aromatic heterocycles. The van der Waals surface area contributed by atoms with Gasteiger partial charge in [0.15, 0.2) is 0 Å². The summed E-state index contributed by atoms with van der Waals surface area (Å²) in [7, 11) is -0.791. The van der Waals surface area contributed by atoms with E-state index < -0.39 is 39.5 Å².